The first-order valence-electron chi connectivity index (χ1n) is 5.97. The van der Waals surface area contributed by atoms with Crippen LogP contribution in [0.3, 0.4) is 0 Å². The van der Waals surface area contributed by atoms with Crippen LogP contribution in [0.2, 0.25) is 0 Å². The van der Waals surface area contributed by atoms with Gasteiger partial charge in [-0.25, -0.2) is 0 Å². The molecule has 0 N–H and O–H groups in total. The van der Waals surface area contributed by atoms with Crippen molar-refractivity contribution in [3.05, 3.63) is 29.3 Å². The number of hydrogen-bond donors (Lipinski definition) is 0. The third kappa shape index (κ3) is 1.93. The standard InChI is InChI=1S/C13H14N2OS/c16-9-11-8-12(13-6-3-7-17-13)14-15(11)10-4-1-2-5-10/h3,6-10H,1-2,4-5H2. The number of carbonyl (C=O) groups excluding carboxylic acids is 1. The van der Waals surface area contributed by atoms with Gasteiger partial charge in [0.15, 0.2) is 6.29 Å². The van der Waals surface area contributed by atoms with Gasteiger partial charge in [-0.2, -0.15) is 5.10 Å². The number of hydrogen-bond acceptors (Lipinski definition) is 3. The Labute approximate surface area is 104 Å². The Bertz CT molecular complexity index is 510. The minimum Gasteiger partial charge on any atom is -0.296 e. The summed E-state index contributed by atoms with van der Waals surface area (Å²) in [5, 5.41) is 6.63. The minimum atomic E-state index is 0.420. The lowest BCUT2D eigenvalue weighted by Gasteiger charge is -2.10. The summed E-state index contributed by atoms with van der Waals surface area (Å²) in [6.45, 7) is 0. The average Bonchev–Trinajstić information content (AvgIpc) is 3.09. The van der Waals surface area contributed by atoms with Gasteiger partial charge in [-0.1, -0.05) is 18.9 Å². The molecule has 1 aliphatic carbocycles. The lowest BCUT2D eigenvalue weighted by atomic mass is 10.2. The van der Waals surface area contributed by atoms with Crippen molar-refractivity contribution in [1.82, 2.24) is 9.78 Å². The summed E-state index contributed by atoms with van der Waals surface area (Å²) < 4.78 is 1.93. The first-order valence-corrected chi connectivity index (χ1v) is 6.85. The maximum absolute atomic E-state index is 11.1. The molecule has 88 valence electrons. The van der Waals surface area contributed by atoms with E-state index in [1.54, 1.807) is 11.3 Å². The van der Waals surface area contributed by atoms with Crippen molar-refractivity contribution < 1.29 is 4.79 Å². The SMILES string of the molecule is O=Cc1cc(-c2cccs2)nn1C1CCCC1. The largest absolute Gasteiger partial charge is 0.296 e. The molecule has 1 saturated carbocycles. The van der Waals surface area contributed by atoms with E-state index in [2.05, 4.69) is 5.10 Å². The van der Waals surface area contributed by atoms with E-state index in [1.807, 2.05) is 28.3 Å². The fourth-order valence-electron chi connectivity index (χ4n) is 2.48. The van der Waals surface area contributed by atoms with E-state index in [-0.39, 0.29) is 0 Å². The van der Waals surface area contributed by atoms with Gasteiger partial charge in [-0.05, 0) is 30.4 Å². The van der Waals surface area contributed by atoms with E-state index in [0.717, 1.165) is 29.7 Å². The molecule has 17 heavy (non-hydrogen) atoms. The molecular formula is C13H14N2OS. The summed E-state index contributed by atoms with van der Waals surface area (Å²) in [7, 11) is 0. The zero-order valence-corrected chi connectivity index (χ0v) is 10.3. The molecular weight excluding hydrogens is 232 g/mol. The summed E-state index contributed by atoms with van der Waals surface area (Å²) in [5.74, 6) is 0. The van der Waals surface area contributed by atoms with Crippen LogP contribution < -0.4 is 0 Å². The molecule has 0 unspecified atom stereocenters. The predicted octanol–water partition coefficient (Wildman–Crippen LogP) is 3.54. The Kier molecular flexibility index (Phi) is 2.81. The van der Waals surface area contributed by atoms with Gasteiger partial charge in [0, 0.05) is 0 Å². The molecule has 2 heterocycles. The molecule has 0 spiro atoms. The van der Waals surface area contributed by atoms with Crippen molar-refractivity contribution in [3.8, 4) is 10.6 Å². The topological polar surface area (TPSA) is 34.9 Å². The van der Waals surface area contributed by atoms with Crippen molar-refractivity contribution in [2.24, 2.45) is 0 Å². The van der Waals surface area contributed by atoms with E-state index >= 15 is 0 Å². The van der Waals surface area contributed by atoms with Crippen molar-refractivity contribution in [2.45, 2.75) is 31.7 Å². The van der Waals surface area contributed by atoms with E-state index in [9.17, 15) is 4.79 Å². The number of nitrogens with zero attached hydrogens (tertiary/aromatic N) is 2. The highest BCUT2D eigenvalue weighted by molar-refractivity contribution is 7.13. The molecule has 0 saturated heterocycles. The second-order valence-electron chi connectivity index (χ2n) is 4.43. The zero-order chi connectivity index (χ0) is 11.7. The monoisotopic (exact) mass is 246 g/mol. The normalized spacial score (nSPS) is 16.5. The number of aldehydes is 1. The average molecular weight is 246 g/mol. The van der Waals surface area contributed by atoms with Crippen molar-refractivity contribution in [1.29, 1.82) is 0 Å². The highest BCUT2D eigenvalue weighted by Crippen LogP contribution is 2.32. The van der Waals surface area contributed by atoms with Gasteiger partial charge in [-0.3, -0.25) is 9.48 Å². The zero-order valence-electron chi connectivity index (χ0n) is 9.50. The van der Waals surface area contributed by atoms with E-state index in [0.29, 0.717) is 11.7 Å². The molecule has 0 atom stereocenters. The van der Waals surface area contributed by atoms with E-state index in [4.69, 9.17) is 0 Å². The quantitative estimate of drug-likeness (QED) is 0.776. The Balaban J connectivity index is 2.00. The van der Waals surface area contributed by atoms with Gasteiger partial charge in [0.05, 0.1) is 10.9 Å². The lowest BCUT2D eigenvalue weighted by molar-refractivity contribution is 0.111. The Hall–Kier alpha value is -1.42. The first-order chi connectivity index (χ1) is 8.38. The first kappa shape index (κ1) is 10.7. The molecule has 0 radical (unpaired) electrons. The van der Waals surface area contributed by atoms with Gasteiger partial charge in [0.25, 0.3) is 0 Å². The van der Waals surface area contributed by atoms with Crippen LogP contribution >= 0.6 is 11.3 Å². The predicted molar refractivity (Wildman–Crippen MR) is 68.4 cm³/mol. The summed E-state index contributed by atoms with van der Waals surface area (Å²) in [6, 6.07) is 6.37. The third-order valence-corrected chi connectivity index (χ3v) is 4.22. The van der Waals surface area contributed by atoms with Crippen LogP contribution in [0.4, 0.5) is 0 Å². The number of rotatable bonds is 3. The van der Waals surface area contributed by atoms with Crippen LogP contribution in [-0.4, -0.2) is 16.1 Å². The van der Waals surface area contributed by atoms with Gasteiger partial charge < -0.3 is 0 Å². The molecule has 2 aromatic rings. The highest BCUT2D eigenvalue weighted by Gasteiger charge is 2.21. The second kappa shape index (κ2) is 4.45. The van der Waals surface area contributed by atoms with Crippen LogP contribution in [0, 0.1) is 0 Å². The van der Waals surface area contributed by atoms with Crippen LogP contribution in [0.15, 0.2) is 23.6 Å². The maximum atomic E-state index is 11.1. The van der Waals surface area contributed by atoms with Crippen molar-refractivity contribution in [3.63, 3.8) is 0 Å². The number of carbonyl (C=O) groups is 1. The van der Waals surface area contributed by atoms with E-state index < -0.39 is 0 Å². The van der Waals surface area contributed by atoms with Crippen LogP contribution in [0.25, 0.3) is 10.6 Å². The molecule has 0 aliphatic heterocycles. The Morgan fingerprint density at radius 1 is 1.41 bits per heavy atom. The van der Waals surface area contributed by atoms with Crippen molar-refractivity contribution >= 4 is 17.6 Å². The highest BCUT2D eigenvalue weighted by atomic mass is 32.1. The van der Waals surface area contributed by atoms with E-state index in [1.165, 1.54) is 12.8 Å². The maximum Gasteiger partial charge on any atom is 0.168 e. The second-order valence-corrected chi connectivity index (χ2v) is 5.38. The van der Waals surface area contributed by atoms with Crippen molar-refractivity contribution in [2.75, 3.05) is 0 Å². The lowest BCUT2D eigenvalue weighted by Crippen LogP contribution is -2.09. The molecule has 0 bridgehead atoms. The molecule has 0 aromatic carbocycles. The number of aromatic nitrogens is 2. The molecule has 3 nitrogen and oxygen atoms in total. The molecule has 1 aliphatic rings. The Morgan fingerprint density at radius 3 is 2.88 bits per heavy atom. The van der Waals surface area contributed by atoms with Gasteiger partial charge in [0.2, 0.25) is 0 Å². The minimum absolute atomic E-state index is 0.420. The van der Waals surface area contributed by atoms with Gasteiger partial charge in [0.1, 0.15) is 11.4 Å². The van der Waals surface area contributed by atoms with Gasteiger partial charge >= 0.3 is 0 Å². The molecule has 1 fully saturated rings. The van der Waals surface area contributed by atoms with Crippen LogP contribution in [0.1, 0.15) is 42.2 Å². The fraction of sp³-hybridized carbons (Fsp3) is 0.385. The molecule has 0 amide bonds. The Morgan fingerprint density at radius 2 is 2.24 bits per heavy atom. The molecule has 3 rings (SSSR count). The molecule has 2 aromatic heterocycles. The summed E-state index contributed by atoms with van der Waals surface area (Å²) in [4.78, 5) is 12.2. The van der Waals surface area contributed by atoms with Crippen LogP contribution in [0.5, 0.6) is 0 Å². The number of thiophene rings is 1. The molecule has 4 heteroatoms. The fourth-order valence-corrected chi connectivity index (χ4v) is 3.16. The van der Waals surface area contributed by atoms with Crippen LogP contribution in [-0.2, 0) is 0 Å². The smallest absolute Gasteiger partial charge is 0.168 e. The summed E-state index contributed by atoms with van der Waals surface area (Å²) >= 11 is 1.66. The third-order valence-electron chi connectivity index (χ3n) is 3.33. The summed E-state index contributed by atoms with van der Waals surface area (Å²) in [5.41, 5.74) is 1.63. The summed E-state index contributed by atoms with van der Waals surface area (Å²) in [6.07, 6.45) is 5.70. The van der Waals surface area contributed by atoms with Gasteiger partial charge in [-0.15, -0.1) is 11.3 Å².